The monoisotopic (exact) mass is 339 g/mol. The molecule has 0 saturated heterocycles. The average molecular weight is 340 g/mol. The molecule has 0 aliphatic rings. The summed E-state index contributed by atoms with van der Waals surface area (Å²) in [5.74, 6) is 0.321. The van der Waals surface area contributed by atoms with E-state index in [2.05, 4.69) is 32.1 Å². The standard InChI is InChI=1S/C15H10BrN5/c16-11-3-1-10(2-4-11)14-13(9-17)15(18)21(20-14)12-5-7-19-8-6-12/h1-8H,18H2. The van der Waals surface area contributed by atoms with Crippen molar-refractivity contribution in [2.75, 3.05) is 5.73 Å². The van der Waals surface area contributed by atoms with E-state index in [0.29, 0.717) is 17.1 Å². The van der Waals surface area contributed by atoms with Crippen molar-refractivity contribution in [2.45, 2.75) is 0 Å². The van der Waals surface area contributed by atoms with Gasteiger partial charge in [0.1, 0.15) is 23.1 Å². The highest BCUT2D eigenvalue weighted by Gasteiger charge is 2.17. The number of halogens is 1. The van der Waals surface area contributed by atoms with Crippen LogP contribution in [0.25, 0.3) is 16.9 Å². The minimum atomic E-state index is 0.321. The second-order valence-electron chi connectivity index (χ2n) is 4.34. The Bertz CT molecular complexity index is 816. The molecule has 102 valence electrons. The molecule has 0 amide bonds. The van der Waals surface area contributed by atoms with Gasteiger partial charge in [0.05, 0.1) is 5.69 Å². The van der Waals surface area contributed by atoms with Gasteiger partial charge < -0.3 is 5.73 Å². The lowest BCUT2D eigenvalue weighted by molar-refractivity contribution is 0.892. The lowest BCUT2D eigenvalue weighted by Crippen LogP contribution is -2.02. The molecule has 3 aromatic rings. The first kappa shape index (κ1) is 13.3. The maximum absolute atomic E-state index is 9.37. The molecule has 0 bridgehead atoms. The largest absolute Gasteiger partial charge is 0.382 e. The molecular weight excluding hydrogens is 330 g/mol. The molecule has 0 aliphatic carbocycles. The second-order valence-corrected chi connectivity index (χ2v) is 5.26. The summed E-state index contributed by atoms with van der Waals surface area (Å²) >= 11 is 3.39. The molecule has 2 N–H and O–H groups in total. The Morgan fingerprint density at radius 1 is 1.10 bits per heavy atom. The van der Waals surface area contributed by atoms with Crippen LogP contribution in [-0.4, -0.2) is 14.8 Å². The summed E-state index contributed by atoms with van der Waals surface area (Å²) in [5.41, 5.74) is 8.61. The van der Waals surface area contributed by atoms with Crippen LogP contribution in [0.1, 0.15) is 5.56 Å². The minimum Gasteiger partial charge on any atom is -0.382 e. The van der Waals surface area contributed by atoms with Crippen molar-refractivity contribution in [1.82, 2.24) is 14.8 Å². The van der Waals surface area contributed by atoms with E-state index in [0.717, 1.165) is 15.7 Å². The summed E-state index contributed by atoms with van der Waals surface area (Å²) in [7, 11) is 0. The van der Waals surface area contributed by atoms with Crippen molar-refractivity contribution in [2.24, 2.45) is 0 Å². The van der Waals surface area contributed by atoms with Crippen LogP contribution in [0.5, 0.6) is 0 Å². The number of nitriles is 1. The third-order valence-electron chi connectivity index (χ3n) is 3.06. The van der Waals surface area contributed by atoms with Crippen molar-refractivity contribution in [3.8, 4) is 23.0 Å². The molecule has 0 saturated carbocycles. The number of aromatic nitrogens is 3. The van der Waals surface area contributed by atoms with Gasteiger partial charge in [0, 0.05) is 22.4 Å². The van der Waals surface area contributed by atoms with Crippen molar-refractivity contribution >= 4 is 21.7 Å². The molecule has 5 nitrogen and oxygen atoms in total. The van der Waals surface area contributed by atoms with Gasteiger partial charge in [-0.2, -0.15) is 10.4 Å². The van der Waals surface area contributed by atoms with Crippen LogP contribution in [0.3, 0.4) is 0 Å². The summed E-state index contributed by atoms with van der Waals surface area (Å²) < 4.78 is 2.52. The fraction of sp³-hybridized carbons (Fsp3) is 0. The fourth-order valence-corrected chi connectivity index (χ4v) is 2.30. The second kappa shape index (κ2) is 5.38. The number of rotatable bonds is 2. The smallest absolute Gasteiger partial charge is 0.145 e. The number of hydrogen-bond donors (Lipinski definition) is 1. The fourth-order valence-electron chi connectivity index (χ4n) is 2.03. The van der Waals surface area contributed by atoms with Gasteiger partial charge in [-0.05, 0) is 24.3 Å². The third-order valence-corrected chi connectivity index (χ3v) is 3.59. The third kappa shape index (κ3) is 2.39. The lowest BCUT2D eigenvalue weighted by Gasteiger charge is -2.02. The normalized spacial score (nSPS) is 10.3. The van der Waals surface area contributed by atoms with Crippen LogP contribution in [0.2, 0.25) is 0 Å². The van der Waals surface area contributed by atoms with Crippen molar-refractivity contribution in [3.63, 3.8) is 0 Å². The average Bonchev–Trinajstić information content (AvgIpc) is 2.85. The number of hydrogen-bond acceptors (Lipinski definition) is 4. The molecule has 6 heteroatoms. The Hall–Kier alpha value is -2.65. The van der Waals surface area contributed by atoms with E-state index in [1.165, 1.54) is 0 Å². The zero-order chi connectivity index (χ0) is 14.8. The molecule has 1 aromatic carbocycles. The lowest BCUT2D eigenvalue weighted by atomic mass is 10.1. The van der Waals surface area contributed by atoms with Gasteiger partial charge in [-0.25, -0.2) is 4.68 Å². The molecule has 2 aromatic heterocycles. The van der Waals surface area contributed by atoms with Crippen LogP contribution in [0.15, 0.2) is 53.3 Å². The minimum absolute atomic E-state index is 0.321. The van der Waals surface area contributed by atoms with E-state index < -0.39 is 0 Å². The van der Waals surface area contributed by atoms with Gasteiger partial charge >= 0.3 is 0 Å². The number of anilines is 1. The maximum atomic E-state index is 9.37. The van der Waals surface area contributed by atoms with Crippen LogP contribution < -0.4 is 5.73 Å². The van der Waals surface area contributed by atoms with Crippen molar-refractivity contribution in [3.05, 3.63) is 58.8 Å². The Labute approximate surface area is 129 Å². The predicted octanol–water partition coefficient (Wildman–Crippen LogP) is 3.15. The Morgan fingerprint density at radius 3 is 2.38 bits per heavy atom. The van der Waals surface area contributed by atoms with Gasteiger partial charge in [-0.3, -0.25) is 4.98 Å². The van der Waals surface area contributed by atoms with Gasteiger partial charge in [-0.1, -0.05) is 28.1 Å². The molecule has 2 heterocycles. The van der Waals surface area contributed by atoms with E-state index >= 15 is 0 Å². The molecule has 0 atom stereocenters. The highest BCUT2D eigenvalue weighted by Crippen LogP contribution is 2.29. The zero-order valence-corrected chi connectivity index (χ0v) is 12.4. The van der Waals surface area contributed by atoms with Gasteiger partial charge in [0.15, 0.2) is 0 Å². The highest BCUT2D eigenvalue weighted by atomic mass is 79.9. The predicted molar refractivity (Wildman–Crippen MR) is 83.6 cm³/mol. The summed E-state index contributed by atoms with van der Waals surface area (Å²) in [4.78, 5) is 3.97. The molecule has 0 spiro atoms. The number of nitrogens with zero attached hydrogens (tertiary/aromatic N) is 4. The van der Waals surface area contributed by atoms with Crippen LogP contribution >= 0.6 is 15.9 Å². The van der Waals surface area contributed by atoms with E-state index in [9.17, 15) is 5.26 Å². The van der Waals surface area contributed by atoms with Gasteiger partial charge in [0.25, 0.3) is 0 Å². The molecule has 3 rings (SSSR count). The summed E-state index contributed by atoms with van der Waals surface area (Å²) in [6.07, 6.45) is 3.31. The molecule has 0 radical (unpaired) electrons. The van der Waals surface area contributed by atoms with E-state index in [1.807, 2.05) is 24.3 Å². The summed E-state index contributed by atoms with van der Waals surface area (Å²) in [6, 6.07) is 13.3. The summed E-state index contributed by atoms with van der Waals surface area (Å²) in [5, 5.41) is 13.8. The Morgan fingerprint density at radius 2 is 1.76 bits per heavy atom. The summed E-state index contributed by atoms with van der Waals surface area (Å²) in [6.45, 7) is 0. The molecule has 0 aliphatic heterocycles. The van der Waals surface area contributed by atoms with Gasteiger partial charge in [0.2, 0.25) is 0 Å². The van der Waals surface area contributed by atoms with E-state index in [1.54, 1.807) is 29.2 Å². The molecule has 0 fully saturated rings. The quantitative estimate of drug-likeness (QED) is 0.777. The van der Waals surface area contributed by atoms with Crippen molar-refractivity contribution in [1.29, 1.82) is 5.26 Å². The Balaban J connectivity index is 2.19. The molecule has 0 unspecified atom stereocenters. The SMILES string of the molecule is N#Cc1c(-c2ccc(Br)cc2)nn(-c2ccncc2)c1N. The van der Waals surface area contributed by atoms with E-state index in [-0.39, 0.29) is 0 Å². The number of nitrogens with two attached hydrogens (primary N) is 1. The number of benzene rings is 1. The highest BCUT2D eigenvalue weighted by molar-refractivity contribution is 9.10. The Kier molecular flexibility index (Phi) is 3.42. The van der Waals surface area contributed by atoms with Crippen LogP contribution in [0, 0.1) is 11.3 Å². The topological polar surface area (TPSA) is 80.5 Å². The number of pyridine rings is 1. The van der Waals surface area contributed by atoms with Crippen LogP contribution in [-0.2, 0) is 0 Å². The van der Waals surface area contributed by atoms with Crippen LogP contribution in [0.4, 0.5) is 5.82 Å². The van der Waals surface area contributed by atoms with E-state index in [4.69, 9.17) is 5.73 Å². The first-order chi connectivity index (χ1) is 10.2. The first-order valence-corrected chi connectivity index (χ1v) is 6.95. The maximum Gasteiger partial charge on any atom is 0.145 e. The van der Waals surface area contributed by atoms with Gasteiger partial charge in [-0.15, -0.1) is 0 Å². The van der Waals surface area contributed by atoms with Crippen molar-refractivity contribution < 1.29 is 0 Å². The number of nitrogen functional groups attached to an aromatic ring is 1. The zero-order valence-electron chi connectivity index (χ0n) is 10.9. The molecule has 21 heavy (non-hydrogen) atoms. The molecular formula is C15H10BrN5. The first-order valence-electron chi connectivity index (χ1n) is 6.15.